The minimum atomic E-state index is -3.38. The first-order valence-electron chi connectivity index (χ1n) is 7.55. The van der Waals surface area contributed by atoms with E-state index in [-0.39, 0.29) is 12.5 Å². The highest BCUT2D eigenvalue weighted by Crippen LogP contribution is 2.41. The molecule has 0 bridgehead atoms. The number of anilines is 2. The highest BCUT2D eigenvalue weighted by atomic mass is 35.5. The fourth-order valence-corrected chi connectivity index (χ4v) is 3.33. The molecule has 1 aliphatic carbocycles. The predicted octanol–water partition coefficient (Wildman–Crippen LogP) is 1.55. The van der Waals surface area contributed by atoms with Crippen LogP contribution in [0.15, 0.2) is 18.2 Å². The Labute approximate surface area is 141 Å². The lowest BCUT2D eigenvalue weighted by atomic mass is 10.1. The van der Waals surface area contributed by atoms with Gasteiger partial charge in [0.25, 0.3) is 0 Å². The lowest BCUT2D eigenvalue weighted by molar-refractivity contribution is -0.118. The number of sulfonamides is 1. The molecule has 0 N–H and O–H groups in total. The standard InChI is InChI=1S/C15H20ClN3O3S/c1-17(23(2,21)22)10-15(20)19-8-7-18(12-4-5-12)14-9-11(16)3-6-13(14)19/h3,6,9,12H,4-5,7-8,10H2,1-2H3. The zero-order chi connectivity index (χ0) is 16.8. The van der Waals surface area contributed by atoms with Crippen LogP contribution in [0.4, 0.5) is 11.4 Å². The van der Waals surface area contributed by atoms with E-state index in [1.54, 1.807) is 11.0 Å². The van der Waals surface area contributed by atoms with Crippen molar-refractivity contribution >= 4 is 38.9 Å². The van der Waals surface area contributed by atoms with Crippen LogP contribution in [0.25, 0.3) is 0 Å². The fourth-order valence-electron chi connectivity index (χ4n) is 2.82. The molecule has 0 aromatic heterocycles. The van der Waals surface area contributed by atoms with Crippen molar-refractivity contribution in [3.8, 4) is 0 Å². The number of hydrogen-bond acceptors (Lipinski definition) is 4. The number of nitrogens with zero attached hydrogens (tertiary/aromatic N) is 3. The number of halogens is 1. The summed E-state index contributed by atoms with van der Waals surface area (Å²) in [5.74, 6) is -0.225. The molecule has 1 saturated carbocycles. The summed E-state index contributed by atoms with van der Waals surface area (Å²) in [5, 5.41) is 0.636. The first-order chi connectivity index (χ1) is 10.8. The van der Waals surface area contributed by atoms with E-state index in [9.17, 15) is 13.2 Å². The molecule has 6 nitrogen and oxygen atoms in total. The quantitative estimate of drug-likeness (QED) is 0.820. The zero-order valence-corrected chi connectivity index (χ0v) is 14.8. The van der Waals surface area contributed by atoms with Crippen LogP contribution in [-0.4, -0.2) is 57.6 Å². The van der Waals surface area contributed by atoms with Gasteiger partial charge in [0, 0.05) is 31.2 Å². The topological polar surface area (TPSA) is 60.9 Å². The van der Waals surface area contributed by atoms with Gasteiger partial charge in [-0.15, -0.1) is 0 Å². The number of carbonyl (C=O) groups excluding carboxylic acids is 1. The molecule has 1 amide bonds. The molecule has 0 atom stereocenters. The van der Waals surface area contributed by atoms with E-state index in [1.165, 1.54) is 7.05 Å². The summed E-state index contributed by atoms with van der Waals surface area (Å²) in [7, 11) is -1.97. The van der Waals surface area contributed by atoms with Crippen LogP contribution < -0.4 is 9.80 Å². The molecule has 1 aromatic carbocycles. The fraction of sp³-hybridized carbons (Fsp3) is 0.533. The van der Waals surface area contributed by atoms with Crippen molar-refractivity contribution in [1.29, 1.82) is 0 Å². The third kappa shape index (κ3) is 3.46. The molecule has 23 heavy (non-hydrogen) atoms. The van der Waals surface area contributed by atoms with E-state index >= 15 is 0 Å². The summed E-state index contributed by atoms with van der Waals surface area (Å²) in [6.07, 6.45) is 3.42. The van der Waals surface area contributed by atoms with Crippen molar-refractivity contribution in [2.45, 2.75) is 18.9 Å². The van der Waals surface area contributed by atoms with Gasteiger partial charge in [-0.2, -0.15) is 4.31 Å². The second-order valence-corrected chi connectivity index (χ2v) is 8.65. The molecule has 0 saturated heterocycles. The lowest BCUT2D eigenvalue weighted by Crippen LogP contribution is -2.48. The average Bonchev–Trinajstić information content (AvgIpc) is 3.29. The van der Waals surface area contributed by atoms with Gasteiger partial charge in [0.1, 0.15) is 0 Å². The largest absolute Gasteiger partial charge is 0.365 e. The second-order valence-electron chi connectivity index (χ2n) is 6.12. The van der Waals surface area contributed by atoms with E-state index in [1.807, 2.05) is 12.1 Å². The maximum Gasteiger partial charge on any atom is 0.242 e. The minimum absolute atomic E-state index is 0.162. The maximum absolute atomic E-state index is 12.6. The number of likely N-dealkylation sites (N-methyl/N-ethyl adjacent to an activating group) is 1. The Balaban J connectivity index is 1.86. The summed E-state index contributed by atoms with van der Waals surface area (Å²) >= 11 is 6.12. The Bertz CT molecular complexity index is 733. The van der Waals surface area contributed by atoms with Crippen LogP contribution in [0, 0.1) is 0 Å². The number of rotatable bonds is 4. The van der Waals surface area contributed by atoms with Crippen molar-refractivity contribution in [3.05, 3.63) is 23.2 Å². The number of benzene rings is 1. The van der Waals surface area contributed by atoms with Crippen LogP contribution in [-0.2, 0) is 14.8 Å². The van der Waals surface area contributed by atoms with Crippen LogP contribution >= 0.6 is 11.6 Å². The lowest BCUT2D eigenvalue weighted by Gasteiger charge is -2.38. The molecule has 1 heterocycles. The van der Waals surface area contributed by atoms with Gasteiger partial charge in [-0.05, 0) is 31.0 Å². The normalized spacial score (nSPS) is 18.3. The summed E-state index contributed by atoms with van der Waals surface area (Å²) < 4.78 is 24.1. The third-order valence-electron chi connectivity index (χ3n) is 4.31. The van der Waals surface area contributed by atoms with Gasteiger partial charge in [-0.3, -0.25) is 4.79 Å². The van der Waals surface area contributed by atoms with Gasteiger partial charge < -0.3 is 9.80 Å². The number of carbonyl (C=O) groups is 1. The minimum Gasteiger partial charge on any atom is -0.365 e. The highest BCUT2D eigenvalue weighted by molar-refractivity contribution is 7.88. The molecular weight excluding hydrogens is 338 g/mol. The molecule has 1 aromatic rings. The van der Waals surface area contributed by atoms with Crippen molar-refractivity contribution in [2.24, 2.45) is 0 Å². The molecule has 0 spiro atoms. The predicted molar refractivity (Wildman–Crippen MR) is 91.6 cm³/mol. The zero-order valence-electron chi connectivity index (χ0n) is 13.2. The van der Waals surface area contributed by atoms with Crippen LogP contribution in [0.3, 0.4) is 0 Å². The Hall–Kier alpha value is -1.31. The number of amides is 1. The van der Waals surface area contributed by atoms with E-state index in [0.717, 1.165) is 41.3 Å². The Morgan fingerprint density at radius 3 is 2.61 bits per heavy atom. The monoisotopic (exact) mass is 357 g/mol. The second kappa shape index (κ2) is 5.96. The van der Waals surface area contributed by atoms with E-state index in [0.29, 0.717) is 17.6 Å². The van der Waals surface area contributed by atoms with Gasteiger partial charge in [-0.1, -0.05) is 11.6 Å². The molecule has 8 heteroatoms. The van der Waals surface area contributed by atoms with Crippen LogP contribution in [0.5, 0.6) is 0 Å². The summed E-state index contributed by atoms with van der Waals surface area (Å²) in [5.41, 5.74) is 1.76. The maximum atomic E-state index is 12.6. The number of hydrogen-bond donors (Lipinski definition) is 0. The van der Waals surface area contributed by atoms with Crippen molar-refractivity contribution < 1.29 is 13.2 Å². The first kappa shape index (κ1) is 16.5. The van der Waals surface area contributed by atoms with Crippen molar-refractivity contribution in [3.63, 3.8) is 0 Å². The third-order valence-corrected chi connectivity index (χ3v) is 5.81. The van der Waals surface area contributed by atoms with Crippen molar-refractivity contribution in [1.82, 2.24) is 4.31 Å². The summed E-state index contributed by atoms with van der Waals surface area (Å²) in [6, 6.07) is 6.01. The Morgan fingerprint density at radius 2 is 2.00 bits per heavy atom. The molecule has 126 valence electrons. The van der Waals surface area contributed by atoms with Crippen LogP contribution in [0.1, 0.15) is 12.8 Å². The van der Waals surface area contributed by atoms with E-state index < -0.39 is 10.0 Å². The Kier molecular flexibility index (Phi) is 4.29. The van der Waals surface area contributed by atoms with E-state index in [4.69, 9.17) is 11.6 Å². The molecule has 3 rings (SSSR count). The molecule has 0 unspecified atom stereocenters. The summed E-state index contributed by atoms with van der Waals surface area (Å²) in [6.45, 7) is 1.14. The van der Waals surface area contributed by atoms with Gasteiger partial charge in [0.15, 0.2) is 0 Å². The van der Waals surface area contributed by atoms with Crippen molar-refractivity contribution in [2.75, 3.05) is 42.7 Å². The molecule has 2 aliphatic rings. The van der Waals surface area contributed by atoms with E-state index in [2.05, 4.69) is 4.90 Å². The highest BCUT2D eigenvalue weighted by Gasteiger charge is 2.36. The molecule has 1 aliphatic heterocycles. The molecule has 0 radical (unpaired) electrons. The SMILES string of the molecule is CN(CC(=O)N1CCN(C2CC2)c2cc(Cl)ccc21)S(C)(=O)=O. The van der Waals surface area contributed by atoms with Crippen LogP contribution in [0.2, 0.25) is 5.02 Å². The first-order valence-corrected chi connectivity index (χ1v) is 9.78. The smallest absolute Gasteiger partial charge is 0.242 e. The summed E-state index contributed by atoms with van der Waals surface area (Å²) in [4.78, 5) is 16.5. The Morgan fingerprint density at radius 1 is 1.30 bits per heavy atom. The van der Waals surface area contributed by atoms with Gasteiger partial charge >= 0.3 is 0 Å². The van der Waals surface area contributed by atoms with Gasteiger partial charge in [-0.25, -0.2) is 8.42 Å². The molecule has 1 fully saturated rings. The molecular formula is C15H20ClN3O3S. The number of fused-ring (bicyclic) bond motifs is 1. The van der Waals surface area contributed by atoms with Gasteiger partial charge in [0.2, 0.25) is 15.9 Å². The average molecular weight is 358 g/mol. The van der Waals surface area contributed by atoms with Gasteiger partial charge in [0.05, 0.1) is 24.2 Å².